The molecule has 0 amide bonds. The predicted molar refractivity (Wildman–Crippen MR) is 132 cm³/mol. The lowest BCUT2D eigenvalue weighted by Crippen LogP contribution is -2.00. The number of pyridine rings is 1. The molecule has 150 valence electrons. The molecule has 0 aliphatic carbocycles. The molecule has 1 aliphatic rings. The highest BCUT2D eigenvalue weighted by atomic mass is 32.1. The zero-order chi connectivity index (χ0) is 20.6. The molecule has 0 unspecified atom stereocenters. The molecule has 1 N–H and O–H groups in total. The normalized spacial score (nSPS) is 12.8. The number of nitrogens with zero attached hydrogens (tertiary/aromatic N) is 1. The van der Waals surface area contributed by atoms with Crippen LogP contribution in [0, 0.1) is 0 Å². The summed E-state index contributed by atoms with van der Waals surface area (Å²) in [6.45, 7) is 1.88. The number of fused-ring (bicyclic) bond motifs is 1. The van der Waals surface area contributed by atoms with E-state index in [-0.39, 0.29) is 0 Å². The van der Waals surface area contributed by atoms with E-state index in [0.29, 0.717) is 0 Å². The van der Waals surface area contributed by atoms with Crippen molar-refractivity contribution in [1.82, 2.24) is 10.3 Å². The molecule has 5 aromatic rings. The van der Waals surface area contributed by atoms with Crippen molar-refractivity contribution in [2.24, 2.45) is 0 Å². The Bertz CT molecular complexity index is 1300. The van der Waals surface area contributed by atoms with Gasteiger partial charge in [-0.1, -0.05) is 54.6 Å². The molecule has 6 rings (SSSR count). The van der Waals surface area contributed by atoms with Crippen LogP contribution in [0.25, 0.3) is 43.4 Å². The highest BCUT2D eigenvalue weighted by Crippen LogP contribution is 2.39. The summed E-state index contributed by atoms with van der Waals surface area (Å²) in [5.74, 6) is 0. The Morgan fingerprint density at radius 3 is 2.00 bits per heavy atom. The van der Waals surface area contributed by atoms with Crippen LogP contribution in [0.15, 0.2) is 89.6 Å². The SMILES string of the molecule is c1csc(-c2cc(-c3ccccc3-c3cccc4c3CNC4)cc(-c3cccs3)n2)c1. The van der Waals surface area contributed by atoms with E-state index >= 15 is 0 Å². The molecule has 2 nitrogen and oxygen atoms in total. The van der Waals surface area contributed by atoms with Crippen LogP contribution in [0.1, 0.15) is 11.1 Å². The molecule has 0 saturated carbocycles. The van der Waals surface area contributed by atoms with Crippen molar-refractivity contribution in [2.45, 2.75) is 13.1 Å². The molecule has 0 radical (unpaired) electrons. The number of hydrogen-bond acceptors (Lipinski definition) is 4. The smallest absolute Gasteiger partial charge is 0.0815 e. The Hall–Kier alpha value is -3.05. The number of benzene rings is 2. The maximum absolute atomic E-state index is 5.01. The minimum Gasteiger partial charge on any atom is -0.309 e. The van der Waals surface area contributed by atoms with Crippen molar-refractivity contribution in [1.29, 1.82) is 0 Å². The summed E-state index contributed by atoms with van der Waals surface area (Å²) >= 11 is 3.47. The van der Waals surface area contributed by atoms with Crippen LogP contribution in [-0.4, -0.2) is 4.98 Å². The first-order valence-electron chi connectivity index (χ1n) is 10.4. The zero-order valence-electron chi connectivity index (χ0n) is 16.8. The van der Waals surface area contributed by atoms with Gasteiger partial charge < -0.3 is 5.32 Å². The second-order valence-corrected chi connectivity index (χ2v) is 9.57. The first-order valence-corrected chi connectivity index (χ1v) is 12.1. The lowest BCUT2D eigenvalue weighted by molar-refractivity contribution is 0.765. The summed E-state index contributed by atoms with van der Waals surface area (Å²) in [5, 5.41) is 7.73. The number of rotatable bonds is 4. The molecule has 0 fully saturated rings. The molecule has 0 saturated heterocycles. The topological polar surface area (TPSA) is 24.9 Å². The summed E-state index contributed by atoms with van der Waals surface area (Å²) in [6.07, 6.45) is 0. The van der Waals surface area contributed by atoms with Crippen LogP contribution in [0.5, 0.6) is 0 Å². The van der Waals surface area contributed by atoms with Crippen molar-refractivity contribution >= 4 is 22.7 Å². The fourth-order valence-corrected chi connectivity index (χ4v) is 5.71. The van der Waals surface area contributed by atoms with Crippen LogP contribution < -0.4 is 5.32 Å². The molecular formula is C27H20N2S2. The van der Waals surface area contributed by atoms with Gasteiger partial charge in [0.2, 0.25) is 0 Å². The maximum Gasteiger partial charge on any atom is 0.0815 e. The van der Waals surface area contributed by atoms with E-state index in [1.807, 2.05) is 0 Å². The molecule has 0 atom stereocenters. The number of aromatic nitrogens is 1. The molecule has 0 bridgehead atoms. The van der Waals surface area contributed by atoms with Gasteiger partial charge in [-0.2, -0.15) is 0 Å². The number of thiophene rings is 2. The van der Waals surface area contributed by atoms with Crippen LogP contribution in [0.3, 0.4) is 0 Å². The van der Waals surface area contributed by atoms with E-state index in [1.54, 1.807) is 22.7 Å². The second kappa shape index (κ2) is 7.89. The lowest BCUT2D eigenvalue weighted by atomic mass is 9.90. The van der Waals surface area contributed by atoms with Gasteiger partial charge in [0.1, 0.15) is 0 Å². The first kappa shape index (κ1) is 18.7. The molecule has 4 heteroatoms. The highest BCUT2D eigenvalue weighted by molar-refractivity contribution is 7.13. The number of hydrogen-bond donors (Lipinski definition) is 1. The Morgan fingerprint density at radius 2 is 1.32 bits per heavy atom. The average Bonchev–Trinajstić information content (AvgIpc) is 3.60. The molecule has 4 heterocycles. The molecule has 3 aromatic heterocycles. The van der Waals surface area contributed by atoms with Gasteiger partial charge in [0.15, 0.2) is 0 Å². The van der Waals surface area contributed by atoms with Crippen molar-refractivity contribution < 1.29 is 0 Å². The third-order valence-corrected chi connectivity index (χ3v) is 7.58. The van der Waals surface area contributed by atoms with Gasteiger partial charge in [0, 0.05) is 13.1 Å². The van der Waals surface area contributed by atoms with Crippen molar-refractivity contribution in [3.63, 3.8) is 0 Å². The largest absolute Gasteiger partial charge is 0.309 e. The summed E-state index contributed by atoms with van der Waals surface area (Å²) in [7, 11) is 0. The van der Waals surface area contributed by atoms with Crippen LogP contribution in [-0.2, 0) is 13.1 Å². The van der Waals surface area contributed by atoms with Crippen molar-refractivity contribution in [2.75, 3.05) is 0 Å². The van der Waals surface area contributed by atoms with E-state index < -0.39 is 0 Å². The van der Waals surface area contributed by atoms with Crippen LogP contribution in [0.4, 0.5) is 0 Å². The summed E-state index contributed by atoms with van der Waals surface area (Å²) in [4.78, 5) is 7.41. The number of nitrogens with one attached hydrogen (secondary N) is 1. The van der Waals surface area contributed by atoms with Gasteiger partial charge in [-0.05, 0) is 68.4 Å². The third-order valence-electron chi connectivity index (χ3n) is 5.79. The van der Waals surface area contributed by atoms with Gasteiger partial charge in [-0.25, -0.2) is 4.98 Å². The molecule has 1 aliphatic heterocycles. The van der Waals surface area contributed by atoms with Gasteiger partial charge in [0.25, 0.3) is 0 Å². The van der Waals surface area contributed by atoms with E-state index in [1.165, 1.54) is 43.1 Å². The third kappa shape index (κ3) is 3.43. The molecular weight excluding hydrogens is 416 g/mol. The lowest BCUT2D eigenvalue weighted by Gasteiger charge is -2.15. The van der Waals surface area contributed by atoms with E-state index in [0.717, 1.165) is 24.5 Å². The van der Waals surface area contributed by atoms with E-state index in [4.69, 9.17) is 4.98 Å². The zero-order valence-corrected chi connectivity index (χ0v) is 18.5. The predicted octanol–water partition coefficient (Wildman–Crippen LogP) is 7.48. The molecule has 0 spiro atoms. The fraction of sp³-hybridized carbons (Fsp3) is 0.0741. The minimum atomic E-state index is 0.928. The maximum atomic E-state index is 5.01. The standard InChI is InChI=1S/C27H20N2S2/c1-2-8-21(22-9-3-6-18-16-28-17-23(18)22)20(7-1)19-14-24(26-10-4-12-30-26)29-25(15-19)27-11-5-13-31-27/h1-15,28H,16-17H2. The summed E-state index contributed by atoms with van der Waals surface area (Å²) in [6, 6.07) is 28.4. The monoisotopic (exact) mass is 436 g/mol. The second-order valence-electron chi connectivity index (χ2n) is 7.67. The van der Waals surface area contributed by atoms with Crippen LogP contribution in [0.2, 0.25) is 0 Å². The minimum absolute atomic E-state index is 0.928. The Morgan fingerprint density at radius 1 is 0.645 bits per heavy atom. The molecule has 31 heavy (non-hydrogen) atoms. The van der Waals surface area contributed by atoms with Gasteiger partial charge >= 0.3 is 0 Å². The Balaban J connectivity index is 1.57. The van der Waals surface area contributed by atoms with Crippen LogP contribution >= 0.6 is 22.7 Å². The molecule has 2 aromatic carbocycles. The van der Waals surface area contributed by atoms with Crippen molar-refractivity contribution in [3.05, 3.63) is 101 Å². The Kier molecular flexibility index (Phi) is 4.76. The summed E-state index contributed by atoms with van der Waals surface area (Å²) in [5.41, 5.74) is 9.95. The average molecular weight is 437 g/mol. The van der Waals surface area contributed by atoms with Gasteiger partial charge in [0.05, 0.1) is 21.1 Å². The van der Waals surface area contributed by atoms with Crippen molar-refractivity contribution in [3.8, 4) is 43.4 Å². The van der Waals surface area contributed by atoms with E-state index in [9.17, 15) is 0 Å². The summed E-state index contributed by atoms with van der Waals surface area (Å²) < 4.78 is 0. The Labute approximate surface area is 189 Å². The van der Waals surface area contributed by atoms with Gasteiger partial charge in [-0.15, -0.1) is 22.7 Å². The van der Waals surface area contributed by atoms with E-state index in [2.05, 4.69) is 94.9 Å². The first-order chi connectivity index (χ1) is 15.4. The van der Waals surface area contributed by atoms with Gasteiger partial charge in [-0.3, -0.25) is 0 Å². The highest BCUT2D eigenvalue weighted by Gasteiger charge is 2.18. The quantitative estimate of drug-likeness (QED) is 0.316. The fourth-order valence-electron chi connectivity index (χ4n) is 4.34.